The zero-order valence-electron chi connectivity index (χ0n) is 13.6. The predicted molar refractivity (Wildman–Crippen MR) is 85.1 cm³/mol. The van der Waals surface area contributed by atoms with Gasteiger partial charge < -0.3 is 10.1 Å². The Kier molecular flexibility index (Phi) is 7.32. The number of ether oxygens (including phenoxy) is 1. The maximum absolute atomic E-state index is 5.63. The van der Waals surface area contributed by atoms with Crippen molar-refractivity contribution in [2.24, 2.45) is 5.92 Å². The van der Waals surface area contributed by atoms with Crippen LogP contribution in [-0.2, 0) is 4.74 Å². The number of hydrogen-bond acceptors (Lipinski definition) is 3. The lowest BCUT2D eigenvalue weighted by Gasteiger charge is -2.35. The van der Waals surface area contributed by atoms with E-state index >= 15 is 0 Å². The molecule has 0 aromatic heterocycles. The fraction of sp³-hybridized carbons (Fsp3) is 1.00. The predicted octanol–water partition coefficient (Wildman–Crippen LogP) is 3.05. The minimum Gasteiger partial charge on any atom is -0.381 e. The summed E-state index contributed by atoms with van der Waals surface area (Å²) in [4.78, 5) is 2.78. The first-order chi connectivity index (χ1) is 9.85. The van der Waals surface area contributed by atoms with Crippen LogP contribution >= 0.6 is 0 Å². The molecule has 2 rings (SSSR count). The lowest BCUT2D eigenvalue weighted by molar-refractivity contribution is 0.137. The molecule has 2 fully saturated rings. The zero-order chi connectivity index (χ0) is 14.2. The highest BCUT2D eigenvalue weighted by atomic mass is 16.5. The van der Waals surface area contributed by atoms with Crippen molar-refractivity contribution < 1.29 is 4.74 Å². The van der Waals surface area contributed by atoms with E-state index in [-0.39, 0.29) is 0 Å². The summed E-state index contributed by atoms with van der Waals surface area (Å²) in [7, 11) is 0. The van der Waals surface area contributed by atoms with Gasteiger partial charge in [-0.25, -0.2) is 0 Å². The van der Waals surface area contributed by atoms with Gasteiger partial charge >= 0.3 is 0 Å². The number of nitrogens with zero attached hydrogens (tertiary/aromatic N) is 1. The molecule has 0 aromatic rings. The minimum absolute atomic E-state index is 0.629. The van der Waals surface area contributed by atoms with Crippen molar-refractivity contribution >= 4 is 0 Å². The van der Waals surface area contributed by atoms with Crippen LogP contribution < -0.4 is 5.32 Å². The number of likely N-dealkylation sites (tertiary alicyclic amines) is 1. The number of rotatable bonds is 7. The molecule has 3 nitrogen and oxygen atoms in total. The normalized spacial score (nSPS) is 30.3. The molecule has 2 aliphatic rings. The Bertz CT molecular complexity index is 253. The Hall–Kier alpha value is -0.120. The third-order valence-electron chi connectivity index (χ3n) is 5.09. The lowest BCUT2D eigenvalue weighted by Crippen LogP contribution is -2.49. The molecule has 2 heterocycles. The van der Waals surface area contributed by atoms with Gasteiger partial charge in [0.1, 0.15) is 0 Å². The van der Waals surface area contributed by atoms with Gasteiger partial charge in [0.2, 0.25) is 0 Å². The maximum Gasteiger partial charge on any atom is 0.0510 e. The Morgan fingerprint density at radius 2 is 2.10 bits per heavy atom. The van der Waals surface area contributed by atoms with Gasteiger partial charge in [0.15, 0.2) is 0 Å². The maximum atomic E-state index is 5.63. The summed E-state index contributed by atoms with van der Waals surface area (Å²) in [5.74, 6) is 0.724. The standard InChI is InChI=1S/C17H34N2O/c1-3-10-18-17(15-9-12-20-14-15)13-19-11-7-5-6-8-16(19)4-2/h15-18H,3-14H2,1-2H3. The molecule has 2 saturated heterocycles. The summed E-state index contributed by atoms with van der Waals surface area (Å²) < 4.78 is 5.63. The fourth-order valence-corrected chi connectivity index (χ4v) is 3.77. The van der Waals surface area contributed by atoms with Gasteiger partial charge in [-0.05, 0) is 45.2 Å². The first-order valence-electron chi connectivity index (χ1n) is 8.90. The van der Waals surface area contributed by atoms with E-state index in [1.54, 1.807) is 0 Å². The zero-order valence-corrected chi connectivity index (χ0v) is 13.6. The Morgan fingerprint density at radius 1 is 1.20 bits per heavy atom. The van der Waals surface area contributed by atoms with Crippen LogP contribution in [0.5, 0.6) is 0 Å². The van der Waals surface area contributed by atoms with E-state index in [1.807, 2.05) is 0 Å². The molecule has 3 atom stereocenters. The van der Waals surface area contributed by atoms with Crippen molar-refractivity contribution in [2.45, 2.75) is 70.9 Å². The molecule has 0 radical (unpaired) electrons. The Labute approximate surface area is 125 Å². The molecule has 0 aromatic carbocycles. The van der Waals surface area contributed by atoms with Crippen LogP contribution in [0.1, 0.15) is 58.8 Å². The second kappa shape index (κ2) is 9.01. The monoisotopic (exact) mass is 282 g/mol. The van der Waals surface area contributed by atoms with Crippen molar-refractivity contribution in [2.75, 3.05) is 32.8 Å². The fourth-order valence-electron chi connectivity index (χ4n) is 3.77. The summed E-state index contributed by atoms with van der Waals surface area (Å²) in [5.41, 5.74) is 0. The summed E-state index contributed by atoms with van der Waals surface area (Å²) in [6.45, 7) is 10.2. The van der Waals surface area contributed by atoms with Gasteiger partial charge in [0, 0.05) is 31.2 Å². The molecule has 20 heavy (non-hydrogen) atoms. The second-order valence-corrected chi connectivity index (χ2v) is 6.59. The SMILES string of the molecule is CCCNC(CN1CCCCCC1CC)C1CCOC1. The summed E-state index contributed by atoms with van der Waals surface area (Å²) in [5, 5.41) is 3.80. The van der Waals surface area contributed by atoms with Crippen LogP contribution in [0.25, 0.3) is 0 Å². The van der Waals surface area contributed by atoms with Crippen LogP contribution in [0.4, 0.5) is 0 Å². The average Bonchev–Trinajstić information content (AvgIpc) is 2.90. The van der Waals surface area contributed by atoms with Gasteiger partial charge in [-0.3, -0.25) is 4.90 Å². The Balaban J connectivity index is 1.92. The van der Waals surface area contributed by atoms with Crippen molar-refractivity contribution in [3.63, 3.8) is 0 Å². The molecule has 1 N–H and O–H groups in total. The lowest BCUT2D eigenvalue weighted by atomic mass is 9.97. The molecule has 0 bridgehead atoms. The molecule has 0 aliphatic carbocycles. The van der Waals surface area contributed by atoms with Crippen LogP contribution in [0.15, 0.2) is 0 Å². The Morgan fingerprint density at radius 3 is 2.80 bits per heavy atom. The topological polar surface area (TPSA) is 24.5 Å². The number of hydrogen-bond donors (Lipinski definition) is 1. The average molecular weight is 282 g/mol. The number of nitrogens with one attached hydrogen (secondary N) is 1. The summed E-state index contributed by atoms with van der Waals surface area (Å²) in [6, 6.07) is 1.44. The molecule has 2 aliphatic heterocycles. The third kappa shape index (κ3) is 4.71. The van der Waals surface area contributed by atoms with Crippen molar-refractivity contribution in [1.29, 1.82) is 0 Å². The van der Waals surface area contributed by atoms with Crippen LogP contribution in [0.3, 0.4) is 0 Å². The highest BCUT2D eigenvalue weighted by molar-refractivity contribution is 4.85. The van der Waals surface area contributed by atoms with E-state index in [1.165, 1.54) is 58.0 Å². The van der Waals surface area contributed by atoms with E-state index in [2.05, 4.69) is 24.1 Å². The highest BCUT2D eigenvalue weighted by Gasteiger charge is 2.29. The van der Waals surface area contributed by atoms with Crippen molar-refractivity contribution in [3.05, 3.63) is 0 Å². The van der Waals surface area contributed by atoms with Gasteiger partial charge in [-0.15, -0.1) is 0 Å². The van der Waals surface area contributed by atoms with Crippen LogP contribution in [0.2, 0.25) is 0 Å². The van der Waals surface area contributed by atoms with Crippen LogP contribution in [-0.4, -0.2) is 49.8 Å². The first kappa shape index (κ1) is 16.3. The molecule has 0 saturated carbocycles. The van der Waals surface area contributed by atoms with Crippen molar-refractivity contribution in [1.82, 2.24) is 10.2 Å². The molecule has 0 spiro atoms. The van der Waals surface area contributed by atoms with Gasteiger partial charge in [-0.1, -0.05) is 26.7 Å². The molecule has 3 unspecified atom stereocenters. The molecule has 0 amide bonds. The van der Waals surface area contributed by atoms with Crippen LogP contribution in [0, 0.1) is 5.92 Å². The summed E-state index contributed by atoms with van der Waals surface area (Å²) in [6.07, 6.45) is 9.41. The summed E-state index contributed by atoms with van der Waals surface area (Å²) >= 11 is 0. The highest BCUT2D eigenvalue weighted by Crippen LogP contribution is 2.23. The quantitative estimate of drug-likeness (QED) is 0.777. The van der Waals surface area contributed by atoms with E-state index in [4.69, 9.17) is 4.74 Å². The van der Waals surface area contributed by atoms with E-state index < -0.39 is 0 Å². The first-order valence-corrected chi connectivity index (χ1v) is 8.90. The van der Waals surface area contributed by atoms with Gasteiger partial charge in [0.05, 0.1) is 6.61 Å². The molecular formula is C17H34N2O. The van der Waals surface area contributed by atoms with E-state index in [9.17, 15) is 0 Å². The van der Waals surface area contributed by atoms with E-state index in [0.717, 1.165) is 31.7 Å². The van der Waals surface area contributed by atoms with E-state index in [0.29, 0.717) is 6.04 Å². The van der Waals surface area contributed by atoms with Crippen molar-refractivity contribution in [3.8, 4) is 0 Å². The largest absolute Gasteiger partial charge is 0.381 e. The minimum atomic E-state index is 0.629. The van der Waals surface area contributed by atoms with Gasteiger partial charge in [-0.2, -0.15) is 0 Å². The second-order valence-electron chi connectivity index (χ2n) is 6.59. The van der Waals surface area contributed by atoms with Gasteiger partial charge in [0.25, 0.3) is 0 Å². The third-order valence-corrected chi connectivity index (χ3v) is 5.09. The smallest absolute Gasteiger partial charge is 0.0510 e. The molecule has 118 valence electrons. The molecule has 3 heteroatoms. The molecular weight excluding hydrogens is 248 g/mol.